The molecule has 0 heterocycles. The number of aryl methyl sites for hydroxylation is 1. The Labute approximate surface area is 106 Å². The molecule has 0 bridgehead atoms. The minimum atomic E-state index is 0.240. The third-order valence-corrected chi connectivity index (χ3v) is 3.63. The molecule has 1 unspecified atom stereocenters. The Bertz CT molecular complexity index is 347. The quantitative estimate of drug-likeness (QED) is 0.739. The minimum absolute atomic E-state index is 0.240. The van der Waals surface area contributed by atoms with Crippen LogP contribution in [0.4, 0.5) is 0 Å². The Hall–Kier alpha value is -0.430. The Kier molecular flexibility index (Phi) is 4.49. The second kappa shape index (κ2) is 5.27. The van der Waals surface area contributed by atoms with Gasteiger partial charge in [0.05, 0.1) is 0 Å². The van der Waals surface area contributed by atoms with Gasteiger partial charge in [0.2, 0.25) is 0 Å². The van der Waals surface area contributed by atoms with Crippen molar-refractivity contribution in [2.45, 2.75) is 46.5 Å². The monoisotopic (exact) mass is 236 g/mol. The molecule has 0 aromatic heterocycles. The van der Waals surface area contributed by atoms with Gasteiger partial charge in [-0.3, -0.25) is 0 Å². The fourth-order valence-electron chi connectivity index (χ4n) is 2.07. The highest BCUT2D eigenvalue weighted by Gasteiger charge is 2.16. The molecule has 0 saturated heterocycles. The van der Waals surface area contributed by atoms with Crippen molar-refractivity contribution in [3.05, 3.63) is 34.9 Å². The fraction of sp³-hybridized carbons (Fsp3) is 0.600. The average molecular weight is 236 g/mol. The summed E-state index contributed by atoms with van der Waals surface area (Å²) in [5, 5.41) is 0. The van der Waals surface area contributed by atoms with E-state index in [1.807, 2.05) is 0 Å². The van der Waals surface area contributed by atoms with Crippen molar-refractivity contribution in [1.29, 1.82) is 0 Å². The zero-order valence-corrected chi connectivity index (χ0v) is 12.1. The van der Waals surface area contributed by atoms with E-state index in [1.54, 1.807) is 0 Å². The first-order chi connectivity index (χ1) is 7.34. The molecule has 0 aliphatic rings. The largest absolute Gasteiger partial charge is 0.179 e. The summed E-state index contributed by atoms with van der Waals surface area (Å²) >= 11 is 4.35. The standard InChI is InChI=1S/C15H24S/c1-11(10-16)8-13-7-6-12(2)14(9-13)15(3,4)5/h6-7,9,11,16H,8,10H2,1-5H3. The normalized spacial score (nSPS) is 13.9. The molecule has 0 aliphatic carbocycles. The van der Waals surface area contributed by atoms with Gasteiger partial charge in [-0.25, -0.2) is 0 Å². The molecule has 0 radical (unpaired) electrons. The van der Waals surface area contributed by atoms with E-state index in [-0.39, 0.29) is 5.41 Å². The van der Waals surface area contributed by atoms with Gasteiger partial charge in [-0.1, -0.05) is 45.9 Å². The lowest BCUT2D eigenvalue weighted by Crippen LogP contribution is -2.14. The molecular formula is C15H24S. The van der Waals surface area contributed by atoms with Crippen molar-refractivity contribution in [3.8, 4) is 0 Å². The molecule has 1 rings (SSSR count). The zero-order chi connectivity index (χ0) is 12.3. The summed E-state index contributed by atoms with van der Waals surface area (Å²) in [6, 6.07) is 6.88. The third kappa shape index (κ3) is 3.55. The van der Waals surface area contributed by atoms with Crippen LogP contribution >= 0.6 is 12.6 Å². The highest BCUT2D eigenvalue weighted by atomic mass is 32.1. The molecule has 0 N–H and O–H groups in total. The molecule has 1 heteroatoms. The molecule has 1 atom stereocenters. The zero-order valence-electron chi connectivity index (χ0n) is 11.2. The maximum absolute atomic E-state index is 4.35. The van der Waals surface area contributed by atoms with Gasteiger partial charge >= 0.3 is 0 Å². The van der Waals surface area contributed by atoms with Gasteiger partial charge in [-0.05, 0) is 47.1 Å². The van der Waals surface area contributed by atoms with Crippen LogP contribution in [0.15, 0.2) is 18.2 Å². The van der Waals surface area contributed by atoms with Crippen molar-refractivity contribution < 1.29 is 0 Å². The van der Waals surface area contributed by atoms with E-state index in [0.29, 0.717) is 5.92 Å². The molecule has 0 aliphatic heterocycles. The number of hydrogen-bond acceptors (Lipinski definition) is 1. The van der Waals surface area contributed by atoms with Crippen LogP contribution in [0.2, 0.25) is 0 Å². The van der Waals surface area contributed by atoms with E-state index in [4.69, 9.17) is 0 Å². The van der Waals surface area contributed by atoms with Gasteiger partial charge in [-0.2, -0.15) is 12.6 Å². The Balaban J connectivity index is 2.99. The maximum atomic E-state index is 4.35. The second-order valence-corrected chi connectivity index (χ2v) is 6.26. The van der Waals surface area contributed by atoms with Gasteiger partial charge in [-0.15, -0.1) is 0 Å². The van der Waals surface area contributed by atoms with E-state index < -0.39 is 0 Å². The van der Waals surface area contributed by atoms with Crippen molar-refractivity contribution in [3.63, 3.8) is 0 Å². The smallest absolute Gasteiger partial charge is 0.00690 e. The molecule has 0 fully saturated rings. The molecule has 0 amide bonds. The summed E-state index contributed by atoms with van der Waals surface area (Å²) < 4.78 is 0. The highest BCUT2D eigenvalue weighted by Crippen LogP contribution is 2.27. The van der Waals surface area contributed by atoms with Crippen molar-refractivity contribution >= 4 is 12.6 Å². The average Bonchev–Trinajstić information content (AvgIpc) is 2.19. The van der Waals surface area contributed by atoms with Crippen LogP contribution < -0.4 is 0 Å². The summed E-state index contributed by atoms with van der Waals surface area (Å²) in [6.07, 6.45) is 1.13. The molecule has 1 aromatic rings. The second-order valence-electron chi connectivity index (χ2n) is 5.89. The predicted octanol–water partition coefficient (Wildman–Crippen LogP) is 4.40. The van der Waals surface area contributed by atoms with E-state index in [9.17, 15) is 0 Å². The fourth-order valence-corrected chi connectivity index (χ4v) is 2.20. The van der Waals surface area contributed by atoms with Crippen LogP contribution in [0.25, 0.3) is 0 Å². The summed E-state index contributed by atoms with van der Waals surface area (Å²) in [6.45, 7) is 11.3. The maximum Gasteiger partial charge on any atom is -0.00690 e. The highest BCUT2D eigenvalue weighted by molar-refractivity contribution is 7.80. The molecular weight excluding hydrogens is 212 g/mol. The Morgan fingerprint density at radius 1 is 1.25 bits per heavy atom. The van der Waals surface area contributed by atoms with Crippen LogP contribution in [0.3, 0.4) is 0 Å². The molecule has 0 saturated carbocycles. The molecule has 90 valence electrons. The molecule has 1 aromatic carbocycles. The lowest BCUT2D eigenvalue weighted by molar-refractivity contribution is 0.582. The first-order valence-electron chi connectivity index (χ1n) is 6.05. The first-order valence-corrected chi connectivity index (χ1v) is 6.68. The number of hydrogen-bond donors (Lipinski definition) is 1. The summed E-state index contributed by atoms with van der Waals surface area (Å²) in [5.41, 5.74) is 4.55. The van der Waals surface area contributed by atoms with Crippen LogP contribution in [0, 0.1) is 12.8 Å². The summed E-state index contributed by atoms with van der Waals surface area (Å²) in [4.78, 5) is 0. The van der Waals surface area contributed by atoms with Crippen LogP contribution in [0.5, 0.6) is 0 Å². The molecule has 0 nitrogen and oxygen atoms in total. The molecule has 16 heavy (non-hydrogen) atoms. The molecule has 0 spiro atoms. The van der Waals surface area contributed by atoms with E-state index in [0.717, 1.165) is 12.2 Å². The first kappa shape index (κ1) is 13.6. The van der Waals surface area contributed by atoms with Gasteiger partial charge in [0, 0.05) is 0 Å². The Morgan fingerprint density at radius 3 is 2.38 bits per heavy atom. The minimum Gasteiger partial charge on any atom is -0.179 e. The van der Waals surface area contributed by atoms with E-state index in [1.165, 1.54) is 16.7 Å². The third-order valence-electron chi connectivity index (χ3n) is 3.01. The number of rotatable bonds is 3. The van der Waals surface area contributed by atoms with Crippen molar-refractivity contribution in [2.75, 3.05) is 5.75 Å². The summed E-state index contributed by atoms with van der Waals surface area (Å²) in [5.74, 6) is 1.61. The van der Waals surface area contributed by atoms with Crippen LogP contribution in [0.1, 0.15) is 44.4 Å². The van der Waals surface area contributed by atoms with E-state index in [2.05, 4.69) is 65.4 Å². The van der Waals surface area contributed by atoms with Gasteiger partial charge in [0.15, 0.2) is 0 Å². The number of benzene rings is 1. The predicted molar refractivity (Wildman–Crippen MR) is 76.6 cm³/mol. The van der Waals surface area contributed by atoms with Gasteiger partial charge in [0.25, 0.3) is 0 Å². The Morgan fingerprint density at radius 2 is 1.88 bits per heavy atom. The van der Waals surface area contributed by atoms with Crippen LogP contribution in [-0.4, -0.2) is 5.75 Å². The van der Waals surface area contributed by atoms with Crippen LogP contribution in [-0.2, 0) is 11.8 Å². The van der Waals surface area contributed by atoms with Crippen molar-refractivity contribution in [1.82, 2.24) is 0 Å². The summed E-state index contributed by atoms with van der Waals surface area (Å²) in [7, 11) is 0. The SMILES string of the molecule is Cc1ccc(CC(C)CS)cc1C(C)(C)C. The van der Waals surface area contributed by atoms with Crippen molar-refractivity contribution in [2.24, 2.45) is 5.92 Å². The van der Waals surface area contributed by atoms with Gasteiger partial charge < -0.3 is 0 Å². The lowest BCUT2D eigenvalue weighted by Gasteiger charge is -2.23. The van der Waals surface area contributed by atoms with E-state index >= 15 is 0 Å². The topological polar surface area (TPSA) is 0 Å². The number of thiol groups is 1. The lowest BCUT2D eigenvalue weighted by atomic mass is 9.82. The van der Waals surface area contributed by atoms with Gasteiger partial charge in [0.1, 0.15) is 0 Å².